The molecule has 1 aromatic heterocycles. The number of aromatic nitrogens is 1. The quantitative estimate of drug-likeness (QED) is 0.879. The number of halogens is 1. The van der Waals surface area contributed by atoms with Gasteiger partial charge in [-0.3, -0.25) is 4.79 Å². The Kier molecular flexibility index (Phi) is 4.49. The SMILES string of the molecule is O=C(NCCc1c[nH]c2cc(Cl)ccc12)C1CCCCC1. The molecule has 21 heavy (non-hydrogen) atoms. The van der Waals surface area contributed by atoms with Gasteiger partial charge in [0.05, 0.1) is 0 Å². The van der Waals surface area contributed by atoms with Gasteiger partial charge in [-0.05, 0) is 37.0 Å². The molecule has 1 aliphatic carbocycles. The second kappa shape index (κ2) is 6.52. The summed E-state index contributed by atoms with van der Waals surface area (Å²) in [5, 5.41) is 5.01. The number of hydrogen-bond donors (Lipinski definition) is 2. The van der Waals surface area contributed by atoms with Crippen molar-refractivity contribution >= 4 is 28.4 Å². The van der Waals surface area contributed by atoms with Crippen molar-refractivity contribution in [2.75, 3.05) is 6.54 Å². The summed E-state index contributed by atoms with van der Waals surface area (Å²) in [5.74, 6) is 0.470. The van der Waals surface area contributed by atoms with Gasteiger partial charge in [0.2, 0.25) is 5.91 Å². The van der Waals surface area contributed by atoms with Crippen LogP contribution in [0.2, 0.25) is 5.02 Å². The first-order valence-electron chi connectivity index (χ1n) is 7.77. The lowest BCUT2D eigenvalue weighted by molar-refractivity contribution is -0.125. The Labute approximate surface area is 130 Å². The summed E-state index contributed by atoms with van der Waals surface area (Å²) in [4.78, 5) is 15.3. The molecule has 112 valence electrons. The van der Waals surface area contributed by atoms with Gasteiger partial charge in [-0.25, -0.2) is 0 Å². The first-order chi connectivity index (χ1) is 10.2. The van der Waals surface area contributed by atoms with E-state index in [4.69, 9.17) is 11.6 Å². The van der Waals surface area contributed by atoms with E-state index in [1.165, 1.54) is 30.2 Å². The molecule has 0 radical (unpaired) electrons. The number of amides is 1. The molecule has 0 spiro atoms. The van der Waals surface area contributed by atoms with Gasteiger partial charge in [0, 0.05) is 34.6 Å². The van der Waals surface area contributed by atoms with Crippen LogP contribution in [0, 0.1) is 5.92 Å². The van der Waals surface area contributed by atoms with Gasteiger partial charge in [0.15, 0.2) is 0 Å². The Morgan fingerprint density at radius 2 is 2.10 bits per heavy atom. The fraction of sp³-hybridized carbons (Fsp3) is 0.471. The summed E-state index contributed by atoms with van der Waals surface area (Å²) < 4.78 is 0. The van der Waals surface area contributed by atoms with Crippen LogP contribution in [0.4, 0.5) is 0 Å². The lowest BCUT2D eigenvalue weighted by atomic mass is 9.88. The molecule has 2 aromatic rings. The number of rotatable bonds is 4. The Balaban J connectivity index is 1.55. The molecule has 0 aliphatic heterocycles. The van der Waals surface area contributed by atoms with Crippen molar-refractivity contribution in [2.24, 2.45) is 5.92 Å². The first-order valence-corrected chi connectivity index (χ1v) is 8.15. The fourth-order valence-electron chi connectivity index (χ4n) is 3.19. The average Bonchev–Trinajstić information content (AvgIpc) is 2.90. The van der Waals surface area contributed by atoms with Crippen molar-refractivity contribution < 1.29 is 4.79 Å². The maximum Gasteiger partial charge on any atom is 0.223 e. The highest BCUT2D eigenvalue weighted by molar-refractivity contribution is 6.31. The highest BCUT2D eigenvalue weighted by Crippen LogP contribution is 2.24. The third-order valence-electron chi connectivity index (χ3n) is 4.40. The second-order valence-electron chi connectivity index (χ2n) is 5.88. The van der Waals surface area contributed by atoms with Crippen LogP contribution < -0.4 is 5.32 Å². The fourth-order valence-corrected chi connectivity index (χ4v) is 3.37. The number of H-pyrrole nitrogens is 1. The summed E-state index contributed by atoms with van der Waals surface area (Å²) >= 11 is 5.98. The molecular weight excluding hydrogens is 284 g/mol. The molecule has 0 unspecified atom stereocenters. The average molecular weight is 305 g/mol. The van der Waals surface area contributed by atoms with E-state index in [2.05, 4.69) is 10.3 Å². The normalized spacial score (nSPS) is 16.2. The van der Waals surface area contributed by atoms with Gasteiger partial charge < -0.3 is 10.3 Å². The van der Waals surface area contributed by atoms with Crippen molar-refractivity contribution in [1.29, 1.82) is 0 Å². The Morgan fingerprint density at radius 3 is 2.90 bits per heavy atom. The smallest absolute Gasteiger partial charge is 0.223 e. The molecule has 2 N–H and O–H groups in total. The van der Waals surface area contributed by atoms with E-state index >= 15 is 0 Å². The molecule has 1 aromatic carbocycles. The minimum Gasteiger partial charge on any atom is -0.361 e. The van der Waals surface area contributed by atoms with E-state index < -0.39 is 0 Å². The number of hydrogen-bond acceptors (Lipinski definition) is 1. The van der Waals surface area contributed by atoms with Crippen molar-refractivity contribution in [2.45, 2.75) is 38.5 Å². The standard InChI is InChI=1S/C17H21ClN2O/c18-14-6-7-15-13(11-20-16(15)10-14)8-9-19-17(21)12-4-2-1-3-5-12/h6-7,10-12,20H,1-5,8-9H2,(H,19,21). The number of benzene rings is 1. The van der Waals surface area contributed by atoms with E-state index in [0.29, 0.717) is 6.54 Å². The predicted octanol–water partition coefficient (Wildman–Crippen LogP) is 4.06. The lowest BCUT2D eigenvalue weighted by Crippen LogP contribution is -2.33. The first kappa shape index (κ1) is 14.5. The van der Waals surface area contributed by atoms with E-state index in [9.17, 15) is 4.79 Å². The molecular formula is C17H21ClN2O. The third-order valence-corrected chi connectivity index (χ3v) is 4.63. The molecule has 1 heterocycles. The number of aromatic amines is 1. The molecule has 1 amide bonds. The van der Waals surface area contributed by atoms with Gasteiger partial charge >= 0.3 is 0 Å². The van der Waals surface area contributed by atoms with E-state index in [1.54, 1.807) is 0 Å². The van der Waals surface area contributed by atoms with E-state index in [1.807, 2.05) is 24.4 Å². The highest BCUT2D eigenvalue weighted by atomic mass is 35.5. The van der Waals surface area contributed by atoms with Crippen LogP contribution >= 0.6 is 11.6 Å². The number of nitrogens with one attached hydrogen (secondary N) is 2. The Bertz CT molecular complexity index is 629. The summed E-state index contributed by atoms with van der Waals surface area (Å²) in [7, 11) is 0. The Morgan fingerprint density at radius 1 is 1.29 bits per heavy atom. The summed E-state index contributed by atoms with van der Waals surface area (Å²) in [6, 6.07) is 5.87. The molecule has 3 nitrogen and oxygen atoms in total. The van der Waals surface area contributed by atoms with Crippen LogP contribution in [0.1, 0.15) is 37.7 Å². The summed E-state index contributed by atoms with van der Waals surface area (Å²) in [6.07, 6.45) is 8.63. The molecule has 1 saturated carbocycles. The number of fused-ring (bicyclic) bond motifs is 1. The van der Waals surface area contributed by atoms with Crippen LogP contribution in [0.15, 0.2) is 24.4 Å². The predicted molar refractivity (Wildman–Crippen MR) is 86.6 cm³/mol. The molecule has 1 fully saturated rings. The minimum absolute atomic E-state index is 0.234. The Hall–Kier alpha value is -1.48. The second-order valence-corrected chi connectivity index (χ2v) is 6.32. The van der Waals surface area contributed by atoms with Gasteiger partial charge in [-0.15, -0.1) is 0 Å². The molecule has 4 heteroatoms. The molecule has 0 bridgehead atoms. The minimum atomic E-state index is 0.234. The zero-order chi connectivity index (χ0) is 14.7. The molecule has 1 aliphatic rings. The maximum atomic E-state index is 12.1. The van der Waals surface area contributed by atoms with E-state index in [0.717, 1.165) is 29.8 Å². The van der Waals surface area contributed by atoms with Crippen LogP contribution in [0.25, 0.3) is 10.9 Å². The van der Waals surface area contributed by atoms with Gasteiger partial charge in [-0.1, -0.05) is 36.9 Å². The zero-order valence-corrected chi connectivity index (χ0v) is 12.9. The van der Waals surface area contributed by atoms with Crippen LogP contribution in [-0.4, -0.2) is 17.4 Å². The van der Waals surface area contributed by atoms with Gasteiger partial charge in [-0.2, -0.15) is 0 Å². The third kappa shape index (κ3) is 3.41. The van der Waals surface area contributed by atoms with Crippen molar-refractivity contribution in [3.63, 3.8) is 0 Å². The van der Waals surface area contributed by atoms with Crippen molar-refractivity contribution in [3.8, 4) is 0 Å². The topological polar surface area (TPSA) is 44.9 Å². The van der Waals surface area contributed by atoms with Crippen molar-refractivity contribution in [3.05, 3.63) is 35.0 Å². The largest absolute Gasteiger partial charge is 0.361 e. The monoisotopic (exact) mass is 304 g/mol. The zero-order valence-electron chi connectivity index (χ0n) is 12.1. The lowest BCUT2D eigenvalue weighted by Gasteiger charge is -2.20. The van der Waals surface area contributed by atoms with Gasteiger partial charge in [0.25, 0.3) is 0 Å². The number of carbonyl (C=O) groups excluding carboxylic acids is 1. The molecule has 3 rings (SSSR count). The summed E-state index contributed by atoms with van der Waals surface area (Å²) in [6.45, 7) is 0.699. The van der Waals surface area contributed by atoms with E-state index in [-0.39, 0.29) is 11.8 Å². The molecule has 0 saturated heterocycles. The number of carbonyl (C=O) groups is 1. The van der Waals surface area contributed by atoms with Crippen LogP contribution in [0.3, 0.4) is 0 Å². The maximum absolute atomic E-state index is 12.1. The van der Waals surface area contributed by atoms with Crippen LogP contribution in [-0.2, 0) is 11.2 Å². The van der Waals surface area contributed by atoms with Crippen molar-refractivity contribution in [1.82, 2.24) is 10.3 Å². The molecule has 0 atom stereocenters. The van der Waals surface area contributed by atoms with Crippen LogP contribution in [0.5, 0.6) is 0 Å². The van der Waals surface area contributed by atoms with Gasteiger partial charge in [0.1, 0.15) is 0 Å². The summed E-state index contributed by atoms with van der Waals surface area (Å²) in [5.41, 5.74) is 2.28. The highest BCUT2D eigenvalue weighted by Gasteiger charge is 2.20.